The molecule has 114 valence electrons. The van der Waals surface area contributed by atoms with E-state index in [1.165, 1.54) is 25.9 Å². The van der Waals surface area contributed by atoms with Gasteiger partial charge in [-0.15, -0.1) is 0 Å². The number of hydrogen-bond donors (Lipinski definition) is 2. The predicted octanol–water partition coefficient (Wildman–Crippen LogP) is 1.48. The Hall–Kier alpha value is -1.75. The van der Waals surface area contributed by atoms with Crippen LogP contribution in [0.2, 0.25) is 0 Å². The number of carbonyl (C=O) groups is 1. The second-order valence-corrected chi connectivity index (χ2v) is 6.39. The van der Waals surface area contributed by atoms with E-state index in [9.17, 15) is 4.79 Å². The zero-order chi connectivity index (χ0) is 15.0. The first-order chi connectivity index (χ1) is 10.0. The second kappa shape index (κ2) is 5.56. The van der Waals surface area contributed by atoms with Gasteiger partial charge in [-0.3, -0.25) is 4.79 Å². The van der Waals surface area contributed by atoms with Gasteiger partial charge in [-0.25, -0.2) is 0 Å². The van der Waals surface area contributed by atoms with E-state index in [0.717, 1.165) is 12.2 Å². The number of nitrogens with one attached hydrogen (secondary N) is 1. The summed E-state index contributed by atoms with van der Waals surface area (Å²) < 4.78 is 0. The molecule has 21 heavy (non-hydrogen) atoms. The first-order valence-electron chi connectivity index (χ1n) is 7.64. The van der Waals surface area contributed by atoms with Crippen molar-refractivity contribution in [3.63, 3.8) is 0 Å². The molecule has 0 spiro atoms. The van der Waals surface area contributed by atoms with E-state index in [1.807, 2.05) is 12.1 Å². The second-order valence-electron chi connectivity index (χ2n) is 6.39. The quantitative estimate of drug-likeness (QED) is 0.827. The zero-order valence-electron chi connectivity index (χ0n) is 12.8. The molecule has 3 aliphatic rings. The third kappa shape index (κ3) is 2.83. The molecule has 3 fully saturated rings. The SMILES string of the molecule is CN(C)C(=O)c1ccc(N)cc1NC1CN2CCC1CC2. The van der Waals surface area contributed by atoms with Crippen LogP contribution in [0.3, 0.4) is 0 Å². The average molecular weight is 288 g/mol. The highest BCUT2D eigenvalue weighted by Gasteiger charge is 2.34. The third-order valence-corrected chi connectivity index (χ3v) is 4.68. The fourth-order valence-electron chi connectivity index (χ4n) is 3.44. The standard InChI is InChI=1S/C16H24N4O/c1-19(2)16(21)13-4-3-12(17)9-14(13)18-15-10-20-7-5-11(15)6-8-20/h3-4,9,11,15,18H,5-8,10,17H2,1-2H3. The molecule has 0 aromatic heterocycles. The average Bonchev–Trinajstić information content (AvgIpc) is 2.48. The third-order valence-electron chi connectivity index (χ3n) is 4.68. The van der Waals surface area contributed by atoms with Gasteiger partial charge in [0.2, 0.25) is 0 Å². The van der Waals surface area contributed by atoms with Crippen molar-refractivity contribution in [2.45, 2.75) is 18.9 Å². The van der Waals surface area contributed by atoms with Crippen LogP contribution >= 0.6 is 0 Å². The van der Waals surface area contributed by atoms with Gasteiger partial charge in [-0.2, -0.15) is 0 Å². The van der Waals surface area contributed by atoms with E-state index in [-0.39, 0.29) is 5.91 Å². The summed E-state index contributed by atoms with van der Waals surface area (Å²) in [4.78, 5) is 16.4. The number of nitrogens with zero attached hydrogens (tertiary/aromatic N) is 2. The van der Waals surface area contributed by atoms with Gasteiger partial charge in [0.25, 0.3) is 5.91 Å². The van der Waals surface area contributed by atoms with Gasteiger partial charge in [0.15, 0.2) is 0 Å². The number of rotatable bonds is 3. The number of benzene rings is 1. The van der Waals surface area contributed by atoms with Crippen molar-refractivity contribution < 1.29 is 4.79 Å². The monoisotopic (exact) mass is 288 g/mol. The summed E-state index contributed by atoms with van der Waals surface area (Å²) in [6, 6.07) is 5.91. The summed E-state index contributed by atoms with van der Waals surface area (Å²) >= 11 is 0. The van der Waals surface area contributed by atoms with Gasteiger partial charge in [0, 0.05) is 38.1 Å². The number of fused-ring (bicyclic) bond motifs is 3. The van der Waals surface area contributed by atoms with Crippen molar-refractivity contribution in [2.75, 3.05) is 44.8 Å². The van der Waals surface area contributed by atoms with Crippen LogP contribution in [0.25, 0.3) is 0 Å². The Morgan fingerprint density at radius 1 is 1.33 bits per heavy atom. The molecular weight excluding hydrogens is 264 g/mol. The molecule has 0 saturated carbocycles. The highest BCUT2D eigenvalue weighted by atomic mass is 16.2. The number of amides is 1. The fraction of sp³-hybridized carbons (Fsp3) is 0.562. The number of nitrogens with two attached hydrogens (primary N) is 1. The summed E-state index contributed by atoms with van der Waals surface area (Å²) in [7, 11) is 3.55. The van der Waals surface area contributed by atoms with Crippen LogP contribution in [0.4, 0.5) is 11.4 Å². The first kappa shape index (κ1) is 14.2. The van der Waals surface area contributed by atoms with E-state index in [1.54, 1.807) is 25.1 Å². The number of hydrogen-bond acceptors (Lipinski definition) is 4. The minimum Gasteiger partial charge on any atom is -0.399 e. The van der Waals surface area contributed by atoms with E-state index >= 15 is 0 Å². The Labute approximate surface area is 126 Å². The van der Waals surface area contributed by atoms with E-state index in [4.69, 9.17) is 5.73 Å². The van der Waals surface area contributed by atoms with E-state index < -0.39 is 0 Å². The van der Waals surface area contributed by atoms with Crippen molar-refractivity contribution in [1.82, 2.24) is 9.80 Å². The summed E-state index contributed by atoms with van der Waals surface area (Å²) in [5.74, 6) is 0.720. The number of piperidine rings is 3. The molecular formula is C16H24N4O. The van der Waals surface area contributed by atoms with Crippen LogP contribution in [-0.4, -0.2) is 55.5 Å². The van der Waals surface area contributed by atoms with Gasteiger partial charge in [-0.1, -0.05) is 0 Å². The lowest BCUT2D eigenvalue weighted by molar-refractivity contribution is 0.0827. The molecule has 0 radical (unpaired) electrons. The van der Waals surface area contributed by atoms with E-state index in [0.29, 0.717) is 23.2 Å². The maximum atomic E-state index is 12.3. The maximum absolute atomic E-state index is 12.3. The molecule has 1 atom stereocenters. The first-order valence-corrected chi connectivity index (χ1v) is 7.64. The Morgan fingerprint density at radius 2 is 2.05 bits per heavy atom. The lowest BCUT2D eigenvalue weighted by Crippen LogP contribution is -2.53. The van der Waals surface area contributed by atoms with Crippen LogP contribution in [0.15, 0.2) is 18.2 Å². The lowest BCUT2D eigenvalue weighted by Gasteiger charge is -2.45. The van der Waals surface area contributed by atoms with Crippen molar-refractivity contribution in [3.05, 3.63) is 23.8 Å². The summed E-state index contributed by atoms with van der Waals surface area (Å²) in [5.41, 5.74) is 8.17. The molecule has 0 aliphatic carbocycles. The Balaban J connectivity index is 1.84. The number of carbonyl (C=O) groups excluding carboxylic acids is 1. The van der Waals surface area contributed by atoms with Crippen LogP contribution in [0, 0.1) is 5.92 Å². The lowest BCUT2D eigenvalue weighted by atomic mass is 9.84. The van der Waals surface area contributed by atoms with Crippen molar-refractivity contribution in [1.29, 1.82) is 0 Å². The van der Waals surface area contributed by atoms with Crippen LogP contribution < -0.4 is 11.1 Å². The van der Waals surface area contributed by atoms with Crippen LogP contribution in [-0.2, 0) is 0 Å². The highest BCUT2D eigenvalue weighted by Crippen LogP contribution is 2.31. The molecule has 2 bridgehead atoms. The van der Waals surface area contributed by atoms with Gasteiger partial charge >= 0.3 is 0 Å². The predicted molar refractivity (Wildman–Crippen MR) is 85.4 cm³/mol. The van der Waals surface area contributed by atoms with Gasteiger partial charge in [0.05, 0.1) is 5.56 Å². The summed E-state index contributed by atoms with van der Waals surface area (Å²) in [5, 5.41) is 3.59. The molecule has 3 heterocycles. The minimum absolute atomic E-state index is 0.0128. The van der Waals surface area contributed by atoms with Gasteiger partial charge in [0.1, 0.15) is 0 Å². The minimum atomic E-state index is 0.0128. The fourth-order valence-corrected chi connectivity index (χ4v) is 3.44. The van der Waals surface area contributed by atoms with E-state index in [2.05, 4.69) is 10.2 Å². The molecule has 1 unspecified atom stereocenters. The van der Waals surface area contributed by atoms with Crippen molar-refractivity contribution in [2.24, 2.45) is 5.92 Å². The van der Waals surface area contributed by atoms with Crippen molar-refractivity contribution >= 4 is 17.3 Å². The molecule has 4 rings (SSSR count). The molecule has 3 N–H and O–H groups in total. The topological polar surface area (TPSA) is 61.6 Å². The van der Waals surface area contributed by atoms with Crippen LogP contribution in [0.1, 0.15) is 23.2 Å². The molecule has 1 aromatic carbocycles. The Kier molecular flexibility index (Phi) is 3.76. The Morgan fingerprint density at radius 3 is 2.62 bits per heavy atom. The largest absolute Gasteiger partial charge is 0.399 e. The summed E-state index contributed by atoms with van der Waals surface area (Å²) in [6.07, 6.45) is 2.49. The number of nitrogen functional groups attached to an aromatic ring is 1. The molecule has 3 saturated heterocycles. The number of anilines is 2. The van der Waals surface area contributed by atoms with Crippen molar-refractivity contribution in [3.8, 4) is 0 Å². The van der Waals surface area contributed by atoms with Gasteiger partial charge in [-0.05, 0) is 50.0 Å². The highest BCUT2D eigenvalue weighted by molar-refractivity contribution is 6.00. The molecule has 5 nitrogen and oxygen atoms in total. The molecule has 1 amide bonds. The summed E-state index contributed by atoms with van der Waals surface area (Å²) in [6.45, 7) is 3.49. The van der Waals surface area contributed by atoms with Crippen LogP contribution in [0.5, 0.6) is 0 Å². The molecule has 1 aromatic rings. The zero-order valence-corrected chi connectivity index (χ0v) is 12.8. The van der Waals surface area contributed by atoms with Gasteiger partial charge < -0.3 is 20.9 Å². The normalized spacial score (nSPS) is 27.4. The maximum Gasteiger partial charge on any atom is 0.255 e. The molecule has 3 aliphatic heterocycles. The Bertz CT molecular complexity index is 535. The molecule has 5 heteroatoms. The smallest absolute Gasteiger partial charge is 0.255 e.